The number of aliphatic hydroxyl groups excluding tert-OH is 1. The number of hydrogen-bond acceptors (Lipinski definition) is 3. The van der Waals surface area contributed by atoms with Crippen molar-refractivity contribution in [2.75, 3.05) is 0 Å². The zero-order valence-electron chi connectivity index (χ0n) is 13.9. The summed E-state index contributed by atoms with van der Waals surface area (Å²) in [5.74, 6) is 0.677. The number of ketones is 1. The molecule has 1 saturated carbocycles. The molecule has 3 rings (SSSR count). The van der Waals surface area contributed by atoms with Crippen molar-refractivity contribution < 1.29 is 14.6 Å². The van der Waals surface area contributed by atoms with E-state index in [9.17, 15) is 9.90 Å². The highest BCUT2D eigenvalue weighted by atomic mass is 16.6. The Morgan fingerprint density at radius 3 is 2.41 bits per heavy atom. The third kappa shape index (κ3) is 2.84. The lowest BCUT2D eigenvalue weighted by Crippen LogP contribution is -2.37. The Kier molecular flexibility index (Phi) is 3.69. The van der Waals surface area contributed by atoms with Gasteiger partial charge in [0.1, 0.15) is 11.7 Å². The minimum Gasteiger partial charge on any atom is -0.388 e. The molecule has 0 bridgehead atoms. The zero-order chi connectivity index (χ0) is 16.1. The van der Waals surface area contributed by atoms with E-state index in [0.29, 0.717) is 18.8 Å². The van der Waals surface area contributed by atoms with Gasteiger partial charge in [0.05, 0.1) is 6.10 Å². The molecule has 1 aliphatic heterocycles. The molecule has 3 unspecified atom stereocenters. The molecular formula is C19H26O3. The summed E-state index contributed by atoms with van der Waals surface area (Å²) in [6.45, 7) is 8.52. The number of aliphatic hydroxyl groups is 1. The summed E-state index contributed by atoms with van der Waals surface area (Å²) in [6, 6.07) is 8.12. The zero-order valence-corrected chi connectivity index (χ0v) is 13.9. The molecule has 1 heterocycles. The van der Waals surface area contributed by atoms with Crippen molar-refractivity contribution in [2.45, 2.75) is 70.7 Å². The quantitative estimate of drug-likeness (QED) is 0.862. The normalized spacial score (nSPS) is 31.0. The molecule has 1 N–H and O–H groups in total. The highest BCUT2D eigenvalue weighted by Crippen LogP contribution is 2.56. The van der Waals surface area contributed by atoms with Crippen molar-refractivity contribution in [1.29, 1.82) is 0 Å². The first-order chi connectivity index (χ1) is 10.2. The second kappa shape index (κ2) is 5.17. The molecule has 0 radical (unpaired) electrons. The van der Waals surface area contributed by atoms with Crippen molar-refractivity contribution in [3.8, 4) is 0 Å². The van der Waals surface area contributed by atoms with Crippen LogP contribution in [0.4, 0.5) is 0 Å². The number of ether oxygens (including phenoxy) is 1. The number of carbonyl (C=O) groups is 1. The predicted octanol–water partition coefficient (Wildman–Crippen LogP) is 3.76. The smallest absolute Gasteiger partial charge is 0.165 e. The fourth-order valence-electron chi connectivity index (χ4n) is 3.91. The van der Waals surface area contributed by atoms with Gasteiger partial charge in [-0.25, -0.2) is 0 Å². The van der Waals surface area contributed by atoms with Gasteiger partial charge in [-0.1, -0.05) is 52.0 Å². The number of epoxide rings is 1. The van der Waals surface area contributed by atoms with Gasteiger partial charge in [0.2, 0.25) is 0 Å². The van der Waals surface area contributed by atoms with E-state index in [4.69, 9.17) is 4.74 Å². The molecule has 3 heteroatoms. The Bertz CT molecular complexity index is 573. The number of rotatable bonds is 4. The summed E-state index contributed by atoms with van der Waals surface area (Å²) in [7, 11) is 0. The van der Waals surface area contributed by atoms with Crippen LogP contribution in [0.1, 0.15) is 70.1 Å². The standard InChI is InChI=1S/C19H26O3/c1-12(2)13-5-7-14(8-6-13)15(20)10-19-11-18(3,4)9-16(21)17(19)22-19/h5-8,12,15,17,20H,9-11H2,1-4H3. The Morgan fingerprint density at radius 2 is 1.82 bits per heavy atom. The molecule has 2 aliphatic rings. The van der Waals surface area contributed by atoms with Gasteiger partial charge in [0, 0.05) is 12.8 Å². The third-order valence-corrected chi connectivity index (χ3v) is 5.02. The minimum atomic E-state index is -0.576. The molecule has 0 amide bonds. The highest BCUT2D eigenvalue weighted by Gasteiger charge is 2.65. The van der Waals surface area contributed by atoms with Gasteiger partial charge >= 0.3 is 0 Å². The lowest BCUT2D eigenvalue weighted by molar-refractivity contribution is -0.123. The van der Waals surface area contributed by atoms with E-state index in [0.717, 1.165) is 12.0 Å². The van der Waals surface area contributed by atoms with Crippen LogP contribution in [-0.4, -0.2) is 22.6 Å². The fourth-order valence-corrected chi connectivity index (χ4v) is 3.91. The van der Waals surface area contributed by atoms with Crippen LogP contribution in [0, 0.1) is 5.41 Å². The Morgan fingerprint density at radius 1 is 1.23 bits per heavy atom. The molecule has 1 aromatic rings. The van der Waals surface area contributed by atoms with Crippen LogP contribution in [0.25, 0.3) is 0 Å². The summed E-state index contributed by atoms with van der Waals surface area (Å²) in [6.07, 6.45) is 1.07. The number of benzene rings is 1. The van der Waals surface area contributed by atoms with Crippen LogP contribution >= 0.6 is 0 Å². The minimum absolute atomic E-state index is 0.0364. The van der Waals surface area contributed by atoms with Crippen LogP contribution in [0.15, 0.2) is 24.3 Å². The average molecular weight is 302 g/mol. The summed E-state index contributed by atoms with van der Waals surface area (Å²) >= 11 is 0. The van der Waals surface area contributed by atoms with Gasteiger partial charge in [-0.05, 0) is 28.9 Å². The maximum Gasteiger partial charge on any atom is 0.165 e. The van der Waals surface area contributed by atoms with Crippen molar-refractivity contribution in [3.63, 3.8) is 0 Å². The van der Waals surface area contributed by atoms with Crippen LogP contribution in [0.3, 0.4) is 0 Å². The second-order valence-electron chi connectivity index (χ2n) is 8.09. The number of hydrogen-bond donors (Lipinski definition) is 1. The van der Waals surface area contributed by atoms with E-state index in [1.54, 1.807) is 0 Å². The molecule has 120 valence electrons. The third-order valence-electron chi connectivity index (χ3n) is 5.02. The van der Waals surface area contributed by atoms with Crippen LogP contribution in [-0.2, 0) is 9.53 Å². The molecule has 1 aromatic carbocycles. The predicted molar refractivity (Wildman–Crippen MR) is 85.7 cm³/mol. The first-order valence-electron chi connectivity index (χ1n) is 8.21. The van der Waals surface area contributed by atoms with Crippen LogP contribution < -0.4 is 0 Å². The van der Waals surface area contributed by atoms with Crippen LogP contribution in [0.5, 0.6) is 0 Å². The summed E-state index contributed by atoms with van der Waals surface area (Å²) in [5.41, 5.74) is 1.70. The monoisotopic (exact) mass is 302 g/mol. The van der Waals surface area contributed by atoms with E-state index in [1.807, 2.05) is 12.1 Å². The van der Waals surface area contributed by atoms with E-state index >= 15 is 0 Å². The van der Waals surface area contributed by atoms with E-state index < -0.39 is 11.7 Å². The molecule has 0 spiro atoms. The van der Waals surface area contributed by atoms with Gasteiger partial charge in [-0.2, -0.15) is 0 Å². The molecule has 3 atom stereocenters. The molecule has 22 heavy (non-hydrogen) atoms. The van der Waals surface area contributed by atoms with Crippen molar-refractivity contribution in [3.05, 3.63) is 35.4 Å². The second-order valence-corrected chi connectivity index (χ2v) is 8.09. The molecule has 0 aromatic heterocycles. The summed E-state index contributed by atoms with van der Waals surface area (Å²) in [5, 5.41) is 10.6. The van der Waals surface area contributed by atoms with Gasteiger partial charge in [0.15, 0.2) is 5.78 Å². The number of Topliss-reactive ketones (excluding diaryl/α,β-unsaturated/α-hetero) is 1. The summed E-state index contributed by atoms with van der Waals surface area (Å²) in [4.78, 5) is 12.1. The lowest BCUT2D eigenvalue weighted by atomic mass is 9.70. The molecule has 1 aliphatic carbocycles. The Balaban J connectivity index is 1.72. The van der Waals surface area contributed by atoms with Gasteiger partial charge in [-0.15, -0.1) is 0 Å². The van der Waals surface area contributed by atoms with Gasteiger partial charge < -0.3 is 9.84 Å². The topological polar surface area (TPSA) is 49.8 Å². The first-order valence-corrected chi connectivity index (χ1v) is 8.21. The first kappa shape index (κ1) is 15.7. The Hall–Kier alpha value is -1.19. The Labute approximate surface area is 132 Å². The molecular weight excluding hydrogens is 276 g/mol. The maximum absolute atomic E-state index is 12.1. The highest BCUT2D eigenvalue weighted by molar-refractivity contribution is 5.88. The fraction of sp³-hybridized carbons (Fsp3) is 0.632. The summed E-state index contributed by atoms with van der Waals surface area (Å²) < 4.78 is 5.76. The maximum atomic E-state index is 12.1. The van der Waals surface area contributed by atoms with Crippen LogP contribution in [0.2, 0.25) is 0 Å². The van der Waals surface area contributed by atoms with Crippen molar-refractivity contribution >= 4 is 5.78 Å². The van der Waals surface area contributed by atoms with Gasteiger partial charge in [0.25, 0.3) is 0 Å². The molecule has 2 fully saturated rings. The van der Waals surface area contributed by atoms with Crippen molar-refractivity contribution in [1.82, 2.24) is 0 Å². The van der Waals surface area contributed by atoms with E-state index in [2.05, 4.69) is 39.8 Å². The lowest BCUT2D eigenvalue weighted by Gasteiger charge is -2.32. The largest absolute Gasteiger partial charge is 0.388 e. The van der Waals surface area contributed by atoms with E-state index in [-0.39, 0.29) is 17.3 Å². The molecule has 3 nitrogen and oxygen atoms in total. The molecule has 1 saturated heterocycles. The van der Waals surface area contributed by atoms with Gasteiger partial charge in [-0.3, -0.25) is 4.79 Å². The van der Waals surface area contributed by atoms with Crippen molar-refractivity contribution in [2.24, 2.45) is 5.41 Å². The SMILES string of the molecule is CC(C)c1ccc(C(O)CC23CC(C)(C)CC(=O)C2O3)cc1. The van der Waals surface area contributed by atoms with E-state index in [1.165, 1.54) is 5.56 Å². The number of fused-ring (bicyclic) bond motifs is 1. The average Bonchev–Trinajstić information content (AvgIpc) is 3.11. The number of carbonyl (C=O) groups excluding carboxylic acids is 1.